The van der Waals surface area contributed by atoms with Crippen LogP contribution in [-0.4, -0.2) is 45.7 Å². The summed E-state index contributed by atoms with van der Waals surface area (Å²) in [5.74, 6) is -2.32. The minimum absolute atomic E-state index is 0.0219. The summed E-state index contributed by atoms with van der Waals surface area (Å²) in [6.45, 7) is 1.70. The van der Waals surface area contributed by atoms with Gasteiger partial charge in [-0.05, 0) is 49.4 Å². The van der Waals surface area contributed by atoms with Crippen LogP contribution in [0.3, 0.4) is 0 Å². The van der Waals surface area contributed by atoms with E-state index >= 15 is 0 Å². The Morgan fingerprint density at radius 3 is 2.33 bits per heavy atom. The first-order chi connectivity index (χ1) is 15.8. The van der Waals surface area contributed by atoms with Gasteiger partial charge in [-0.25, -0.2) is 9.69 Å². The Labute approximate surface area is 202 Å². The second-order valence-electron chi connectivity index (χ2n) is 7.05. The number of alkyl halides is 1. The molecule has 168 valence electrons. The average Bonchev–Trinajstić information content (AvgIpc) is 3.33. The number of hydrogen-bond donors (Lipinski definition) is 0. The largest absolute Gasteiger partial charge is 0.450 e. The molecule has 1 aliphatic heterocycles. The van der Waals surface area contributed by atoms with Crippen LogP contribution >= 0.6 is 34.5 Å². The number of halogens is 2. The van der Waals surface area contributed by atoms with Crippen molar-refractivity contribution in [3.05, 3.63) is 74.7 Å². The van der Waals surface area contributed by atoms with Crippen molar-refractivity contribution in [2.24, 2.45) is 0 Å². The van der Waals surface area contributed by atoms with E-state index in [1.165, 1.54) is 30.3 Å². The van der Waals surface area contributed by atoms with Crippen molar-refractivity contribution in [1.82, 2.24) is 10.2 Å². The molecule has 0 aliphatic carbocycles. The molecule has 11 heteroatoms. The number of amides is 2. The van der Waals surface area contributed by atoms with Crippen LogP contribution in [0.4, 0.5) is 5.13 Å². The summed E-state index contributed by atoms with van der Waals surface area (Å²) in [7, 11) is 0. The number of aryl methyl sites for hydroxylation is 1. The van der Waals surface area contributed by atoms with Crippen molar-refractivity contribution < 1.29 is 23.9 Å². The SMILES string of the molecule is Cc1nnc(N2C(=O)c3ccc(C(=O)O[C@H](CCCl)C(=O)c4ccc(Cl)cc4)cc3C2=O)s1. The van der Waals surface area contributed by atoms with Crippen LogP contribution in [0.25, 0.3) is 0 Å². The Morgan fingerprint density at radius 2 is 1.70 bits per heavy atom. The molecule has 1 atom stereocenters. The zero-order valence-electron chi connectivity index (χ0n) is 17.1. The zero-order chi connectivity index (χ0) is 23.7. The normalized spacial score (nSPS) is 13.7. The van der Waals surface area contributed by atoms with Gasteiger partial charge in [-0.15, -0.1) is 21.8 Å². The number of benzene rings is 2. The third-order valence-electron chi connectivity index (χ3n) is 4.87. The van der Waals surface area contributed by atoms with Crippen LogP contribution in [0.2, 0.25) is 5.02 Å². The van der Waals surface area contributed by atoms with Gasteiger partial charge >= 0.3 is 5.97 Å². The lowest BCUT2D eigenvalue weighted by molar-refractivity contribution is 0.0278. The number of anilines is 1. The van der Waals surface area contributed by atoms with Crippen molar-refractivity contribution >= 4 is 63.2 Å². The first-order valence-electron chi connectivity index (χ1n) is 9.70. The van der Waals surface area contributed by atoms with Crippen LogP contribution in [0, 0.1) is 6.92 Å². The topological polar surface area (TPSA) is 107 Å². The molecule has 33 heavy (non-hydrogen) atoms. The number of carbonyl (C=O) groups excluding carboxylic acids is 4. The van der Waals surface area contributed by atoms with Gasteiger partial charge in [-0.3, -0.25) is 14.4 Å². The van der Waals surface area contributed by atoms with E-state index in [2.05, 4.69) is 10.2 Å². The van der Waals surface area contributed by atoms with E-state index in [4.69, 9.17) is 27.9 Å². The van der Waals surface area contributed by atoms with Crippen LogP contribution in [0.15, 0.2) is 42.5 Å². The molecule has 3 aromatic rings. The highest BCUT2D eigenvalue weighted by molar-refractivity contribution is 7.15. The van der Waals surface area contributed by atoms with E-state index in [9.17, 15) is 19.2 Å². The van der Waals surface area contributed by atoms with E-state index in [0.29, 0.717) is 15.6 Å². The van der Waals surface area contributed by atoms with Crippen molar-refractivity contribution in [2.45, 2.75) is 19.4 Å². The van der Waals surface area contributed by atoms with Crippen LogP contribution in [-0.2, 0) is 4.74 Å². The van der Waals surface area contributed by atoms with Gasteiger partial charge in [-0.2, -0.15) is 0 Å². The molecule has 0 saturated heterocycles. The maximum atomic E-state index is 12.8. The fourth-order valence-electron chi connectivity index (χ4n) is 3.26. The fourth-order valence-corrected chi connectivity index (χ4v) is 4.27. The maximum Gasteiger partial charge on any atom is 0.338 e. The minimum Gasteiger partial charge on any atom is -0.450 e. The summed E-state index contributed by atoms with van der Waals surface area (Å²) in [6, 6.07) is 10.2. The summed E-state index contributed by atoms with van der Waals surface area (Å²) in [5, 5.41) is 8.90. The summed E-state index contributed by atoms with van der Waals surface area (Å²) < 4.78 is 5.42. The quantitative estimate of drug-likeness (QED) is 0.204. The van der Waals surface area contributed by atoms with Gasteiger partial charge in [-0.1, -0.05) is 22.9 Å². The average molecular weight is 504 g/mol. The Balaban J connectivity index is 1.56. The number of aromatic nitrogens is 2. The van der Waals surface area contributed by atoms with Crippen molar-refractivity contribution in [1.29, 1.82) is 0 Å². The highest BCUT2D eigenvalue weighted by Gasteiger charge is 2.39. The van der Waals surface area contributed by atoms with Crippen molar-refractivity contribution in [3.63, 3.8) is 0 Å². The van der Waals surface area contributed by atoms with Crippen LogP contribution in [0.1, 0.15) is 52.9 Å². The minimum atomic E-state index is -1.12. The number of ketones is 1. The lowest BCUT2D eigenvalue weighted by Gasteiger charge is -2.16. The Bertz CT molecular complexity index is 1280. The number of nitrogens with zero attached hydrogens (tertiary/aromatic N) is 3. The Hall–Kier alpha value is -3.14. The number of imide groups is 1. The summed E-state index contributed by atoms with van der Waals surface area (Å²) >= 11 is 12.8. The Kier molecular flexibility index (Phi) is 6.55. The lowest BCUT2D eigenvalue weighted by Crippen LogP contribution is -2.29. The molecule has 0 bridgehead atoms. The lowest BCUT2D eigenvalue weighted by atomic mass is 10.0. The molecule has 2 amide bonds. The van der Waals surface area contributed by atoms with Gasteiger partial charge in [0.05, 0.1) is 16.7 Å². The van der Waals surface area contributed by atoms with Gasteiger partial charge in [0, 0.05) is 22.9 Å². The van der Waals surface area contributed by atoms with Gasteiger partial charge in [0.2, 0.25) is 10.9 Å². The molecule has 8 nitrogen and oxygen atoms in total. The van der Waals surface area contributed by atoms with E-state index in [-0.39, 0.29) is 34.1 Å². The second kappa shape index (κ2) is 9.38. The van der Waals surface area contributed by atoms with Gasteiger partial charge < -0.3 is 4.74 Å². The molecule has 2 aromatic carbocycles. The van der Waals surface area contributed by atoms with Gasteiger partial charge in [0.1, 0.15) is 5.01 Å². The summed E-state index contributed by atoms with van der Waals surface area (Å²) in [5.41, 5.74) is 0.521. The standard InChI is InChI=1S/C22H15Cl2N3O5S/c1-11-25-26-22(33-11)27-19(29)15-7-4-13(10-16(15)20(27)30)21(31)32-17(8-9-23)18(28)12-2-5-14(24)6-3-12/h2-7,10,17H,8-9H2,1H3/t17-/m1/s1. The van der Waals surface area contributed by atoms with Crippen molar-refractivity contribution in [2.75, 3.05) is 10.8 Å². The van der Waals surface area contributed by atoms with E-state index in [1.807, 2.05) is 0 Å². The predicted octanol–water partition coefficient (Wildman–Crippen LogP) is 4.34. The molecule has 0 radical (unpaired) electrons. The van der Waals surface area contributed by atoms with E-state index < -0.39 is 29.7 Å². The number of Topliss-reactive ketones (excluding diaryl/α,β-unsaturated/α-hetero) is 1. The highest BCUT2D eigenvalue weighted by atomic mass is 35.5. The molecule has 1 aromatic heterocycles. The summed E-state index contributed by atoms with van der Waals surface area (Å²) in [6.07, 6.45) is -1.02. The summed E-state index contributed by atoms with van der Waals surface area (Å²) in [4.78, 5) is 52.1. The number of hydrogen-bond acceptors (Lipinski definition) is 8. The molecule has 2 heterocycles. The predicted molar refractivity (Wildman–Crippen MR) is 123 cm³/mol. The Morgan fingerprint density at radius 1 is 1.03 bits per heavy atom. The molecule has 0 unspecified atom stereocenters. The highest BCUT2D eigenvalue weighted by Crippen LogP contribution is 2.31. The molecule has 0 spiro atoms. The number of rotatable bonds is 7. The van der Waals surface area contributed by atoms with Gasteiger partial charge in [0.15, 0.2) is 6.10 Å². The van der Waals surface area contributed by atoms with Crippen molar-refractivity contribution in [3.8, 4) is 0 Å². The maximum absolute atomic E-state index is 12.8. The fraction of sp³-hybridized carbons (Fsp3) is 0.182. The third kappa shape index (κ3) is 4.52. The number of fused-ring (bicyclic) bond motifs is 1. The third-order valence-corrected chi connectivity index (χ3v) is 6.16. The van der Waals surface area contributed by atoms with E-state index in [1.54, 1.807) is 19.1 Å². The number of ether oxygens (including phenoxy) is 1. The molecular weight excluding hydrogens is 489 g/mol. The number of carbonyl (C=O) groups is 4. The molecule has 0 N–H and O–H groups in total. The molecule has 0 fully saturated rings. The monoisotopic (exact) mass is 503 g/mol. The van der Waals surface area contributed by atoms with Crippen LogP contribution in [0.5, 0.6) is 0 Å². The van der Waals surface area contributed by atoms with Crippen LogP contribution < -0.4 is 4.90 Å². The molecule has 1 aliphatic rings. The second-order valence-corrected chi connectivity index (χ2v) is 9.03. The van der Waals surface area contributed by atoms with Gasteiger partial charge in [0.25, 0.3) is 11.8 Å². The van der Waals surface area contributed by atoms with E-state index in [0.717, 1.165) is 16.2 Å². The number of esters is 1. The molecule has 0 saturated carbocycles. The molecule has 4 rings (SSSR count). The molecular formula is C22H15Cl2N3O5S. The smallest absolute Gasteiger partial charge is 0.338 e. The first kappa shape index (κ1) is 23.0. The zero-order valence-corrected chi connectivity index (χ0v) is 19.4. The first-order valence-corrected chi connectivity index (χ1v) is 11.4.